The molecule has 0 aliphatic heterocycles. The van der Waals surface area contributed by atoms with Gasteiger partial charge in [-0.2, -0.15) is 0 Å². The Morgan fingerprint density at radius 1 is 0.947 bits per heavy atom. The van der Waals surface area contributed by atoms with Crippen molar-refractivity contribution in [1.29, 1.82) is 0 Å². The maximum Gasteiger partial charge on any atom is 0.119 e. The highest BCUT2D eigenvalue weighted by Crippen LogP contribution is 2.16. The summed E-state index contributed by atoms with van der Waals surface area (Å²) in [5, 5.41) is 3.27. The van der Waals surface area contributed by atoms with Crippen LogP contribution in [0.3, 0.4) is 0 Å². The van der Waals surface area contributed by atoms with E-state index in [-0.39, 0.29) is 0 Å². The number of ether oxygens (including phenoxy) is 2. The van der Waals surface area contributed by atoms with Gasteiger partial charge in [0.2, 0.25) is 0 Å². The number of hydrogen-bond donors (Lipinski definition) is 1. The molecule has 3 heteroatoms. The van der Waals surface area contributed by atoms with Gasteiger partial charge in [0, 0.05) is 19.3 Å². The molecule has 2 rings (SSSR count). The van der Waals surface area contributed by atoms with E-state index in [9.17, 15) is 0 Å². The number of methoxy groups -OCH3 is 1. The normalized spacial score (nSPS) is 10.2. The summed E-state index contributed by atoms with van der Waals surface area (Å²) >= 11 is 0. The quantitative estimate of drug-likeness (QED) is 0.772. The Kier molecular flexibility index (Phi) is 5.26. The van der Waals surface area contributed by atoms with Crippen molar-refractivity contribution >= 4 is 5.69 Å². The lowest BCUT2D eigenvalue weighted by Crippen LogP contribution is -2.07. The summed E-state index contributed by atoms with van der Waals surface area (Å²) < 4.78 is 10.7. The molecule has 0 aromatic heterocycles. The van der Waals surface area contributed by atoms with Crippen molar-refractivity contribution in [3.8, 4) is 5.75 Å². The Hall–Kier alpha value is -2.00. The summed E-state index contributed by atoms with van der Waals surface area (Å²) in [5.41, 5.74) is 2.24. The number of benzene rings is 2. The van der Waals surface area contributed by atoms with Crippen LogP contribution < -0.4 is 10.1 Å². The minimum absolute atomic E-state index is 0.595. The molecule has 0 fully saturated rings. The largest absolute Gasteiger partial charge is 0.489 e. The topological polar surface area (TPSA) is 30.5 Å². The molecule has 0 spiro atoms. The van der Waals surface area contributed by atoms with E-state index >= 15 is 0 Å². The third kappa shape index (κ3) is 4.64. The zero-order valence-electron chi connectivity index (χ0n) is 11.1. The minimum Gasteiger partial charge on any atom is -0.489 e. The summed E-state index contributed by atoms with van der Waals surface area (Å²) in [6.07, 6.45) is 0. The van der Waals surface area contributed by atoms with E-state index in [1.165, 1.54) is 5.56 Å². The molecule has 0 saturated heterocycles. The first-order chi connectivity index (χ1) is 9.38. The number of nitrogens with one attached hydrogen (secondary N) is 1. The van der Waals surface area contributed by atoms with Crippen LogP contribution in [-0.2, 0) is 11.3 Å². The van der Waals surface area contributed by atoms with Crippen molar-refractivity contribution in [2.75, 3.05) is 25.6 Å². The van der Waals surface area contributed by atoms with E-state index in [0.29, 0.717) is 13.2 Å². The van der Waals surface area contributed by atoms with Gasteiger partial charge in [0.25, 0.3) is 0 Å². The molecule has 2 aromatic carbocycles. The molecule has 0 heterocycles. The van der Waals surface area contributed by atoms with Gasteiger partial charge in [-0.15, -0.1) is 0 Å². The van der Waals surface area contributed by atoms with E-state index in [2.05, 4.69) is 17.4 Å². The number of rotatable bonds is 7. The highest BCUT2D eigenvalue weighted by Gasteiger charge is 1.96. The molecule has 0 bridgehead atoms. The van der Waals surface area contributed by atoms with E-state index in [0.717, 1.165) is 18.0 Å². The Morgan fingerprint density at radius 2 is 1.68 bits per heavy atom. The first kappa shape index (κ1) is 13.4. The highest BCUT2D eigenvalue weighted by atomic mass is 16.5. The van der Waals surface area contributed by atoms with E-state index in [1.807, 2.05) is 42.5 Å². The van der Waals surface area contributed by atoms with Crippen LogP contribution in [0.15, 0.2) is 54.6 Å². The Labute approximate surface area is 114 Å². The zero-order valence-corrected chi connectivity index (χ0v) is 11.1. The van der Waals surface area contributed by atoms with Crippen LogP contribution in [0.1, 0.15) is 5.56 Å². The van der Waals surface area contributed by atoms with Crippen LogP contribution in [0.25, 0.3) is 0 Å². The maximum absolute atomic E-state index is 5.72. The molecule has 100 valence electrons. The molecule has 19 heavy (non-hydrogen) atoms. The number of anilines is 1. The third-order valence-corrected chi connectivity index (χ3v) is 2.74. The van der Waals surface area contributed by atoms with E-state index in [4.69, 9.17) is 9.47 Å². The molecular weight excluding hydrogens is 238 g/mol. The van der Waals surface area contributed by atoms with Crippen LogP contribution in [-0.4, -0.2) is 20.3 Å². The van der Waals surface area contributed by atoms with Gasteiger partial charge in [-0.1, -0.05) is 30.3 Å². The fraction of sp³-hybridized carbons (Fsp3) is 0.250. The second kappa shape index (κ2) is 7.44. The van der Waals surface area contributed by atoms with E-state index in [1.54, 1.807) is 7.11 Å². The van der Waals surface area contributed by atoms with Crippen LogP contribution >= 0.6 is 0 Å². The van der Waals surface area contributed by atoms with Crippen molar-refractivity contribution in [3.05, 3.63) is 60.2 Å². The molecule has 1 N–H and O–H groups in total. The van der Waals surface area contributed by atoms with Gasteiger partial charge in [-0.3, -0.25) is 0 Å². The van der Waals surface area contributed by atoms with Crippen molar-refractivity contribution in [2.45, 2.75) is 6.61 Å². The first-order valence-corrected chi connectivity index (χ1v) is 6.38. The summed E-state index contributed by atoms with van der Waals surface area (Å²) in [4.78, 5) is 0. The molecule has 0 aliphatic carbocycles. The van der Waals surface area contributed by atoms with Crippen LogP contribution in [0, 0.1) is 0 Å². The predicted octanol–water partition coefficient (Wildman–Crippen LogP) is 3.32. The number of hydrogen-bond acceptors (Lipinski definition) is 3. The van der Waals surface area contributed by atoms with Crippen molar-refractivity contribution in [1.82, 2.24) is 0 Å². The van der Waals surface area contributed by atoms with Gasteiger partial charge in [-0.25, -0.2) is 0 Å². The summed E-state index contributed by atoms with van der Waals surface area (Å²) in [6.45, 7) is 2.10. The van der Waals surface area contributed by atoms with Crippen molar-refractivity contribution in [3.63, 3.8) is 0 Å². The smallest absolute Gasteiger partial charge is 0.119 e. The SMILES string of the molecule is COCCNc1ccc(OCc2ccccc2)cc1. The van der Waals surface area contributed by atoms with E-state index < -0.39 is 0 Å². The molecule has 0 saturated carbocycles. The molecule has 0 aliphatic rings. The van der Waals surface area contributed by atoms with Gasteiger partial charge in [0.05, 0.1) is 6.61 Å². The standard InChI is InChI=1S/C16H19NO2/c1-18-12-11-17-15-7-9-16(10-8-15)19-13-14-5-3-2-4-6-14/h2-10,17H,11-13H2,1H3. The molecule has 0 unspecified atom stereocenters. The first-order valence-electron chi connectivity index (χ1n) is 6.38. The second-order valence-corrected chi connectivity index (χ2v) is 4.22. The average molecular weight is 257 g/mol. The van der Waals surface area contributed by atoms with Gasteiger partial charge < -0.3 is 14.8 Å². The van der Waals surface area contributed by atoms with Gasteiger partial charge >= 0.3 is 0 Å². The fourth-order valence-electron chi connectivity index (χ4n) is 1.71. The Morgan fingerprint density at radius 3 is 2.37 bits per heavy atom. The molecular formula is C16H19NO2. The second-order valence-electron chi connectivity index (χ2n) is 4.22. The predicted molar refractivity (Wildman–Crippen MR) is 77.6 cm³/mol. The summed E-state index contributed by atoms with van der Waals surface area (Å²) in [7, 11) is 1.70. The van der Waals surface area contributed by atoms with Crippen molar-refractivity contribution in [2.24, 2.45) is 0 Å². The minimum atomic E-state index is 0.595. The van der Waals surface area contributed by atoms with Gasteiger partial charge in [0.1, 0.15) is 12.4 Å². The van der Waals surface area contributed by atoms with Crippen LogP contribution in [0.4, 0.5) is 5.69 Å². The molecule has 0 atom stereocenters. The van der Waals surface area contributed by atoms with Gasteiger partial charge in [0.15, 0.2) is 0 Å². The van der Waals surface area contributed by atoms with Gasteiger partial charge in [-0.05, 0) is 29.8 Å². The molecule has 2 aromatic rings. The lowest BCUT2D eigenvalue weighted by molar-refractivity contribution is 0.211. The fourth-order valence-corrected chi connectivity index (χ4v) is 1.71. The van der Waals surface area contributed by atoms with Crippen LogP contribution in [0.5, 0.6) is 5.75 Å². The summed E-state index contributed by atoms with van der Waals surface area (Å²) in [6, 6.07) is 18.1. The Bertz CT molecular complexity index is 468. The monoisotopic (exact) mass is 257 g/mol. The lowest BCUT2D eigenvalue weighted by Gasteiger charge is -2.08. The maximum atomic E-state index is 5.72. The van der Waals surface area contributed by atoms with Crippen molar-refractivity contribution < 1.29 is 9.47 Å². The lowest BCUT2D eigenvalue weighted by atomic mass is 10.2. The van der Waals surface area contributed by atoms with Crippen LogP contribution in [0.2, 0.25) is 0 Å². The third-order valence-electron chi connectivity index (χ3n) is 2.74. The zero-order chi connectivity index (χ0) is 13.3. The summed E-state index contributed by atoms with van der Waals surface area (Å²) in [5.74, 6) is 0.876. The molecule has 3 nitrogen and oxygen atoms in total. The molecule has 0 radical (unpaired) electrons. The molecule has 0 amide bonds. The highest BCUT2D eigenvalue weighted by molar-refractivity contribution is 5.46. The Balaban J connectivity index is 1.81. The average Bonchev–Trinajstić information content (AvgIpc) is 2.48.